The van der Waals surface area contributed by atoms with Crippen LogP contribution in [0.1, 0.15) is 19.8 Å². The minimum Gasteiger partial charge on any atom is -0.315 e. The van der Waals surface area contributed by atoms with E-state index in [0.29, 0.717) is 33.7 Å². The van der Waals surface area contributed by atoms with Crippen LogP contribution in [0.15, 0.2) is 23.2 Å². The maximum atomic E-state index is 12.0. The maximum Gasteiger partial charge on any atom is 0.248 e. The van der Waals surface area contributed by atoms with Gasteiger partial charge in [0, 0.05) is 27.4 Å². The zero-order valence-electron chi connectivity index (χ0n) is 12.9. The molecule has 0 radical (unpaired) electrons. The maximum absolute atomic E-state index is 12.0. The molecule has 0 aliphatic carbocycles. The fraction of sp³-hybridized carbons (Fsp3) is 0.467. The number of rotatable bonds is 3. The van der Waals surface area contributed by atoms with Gasteiger partial charge in [0.2, 0.25) is 5.91 Å². The second-order valence-corrected chi connectivity index (χ2v) is 10.1. The molecule has 1 aromatic rings. The predicted molar refractivity (Wildman–Crippen MR) is 100 cm³/mol. The zero-order chi connectivity index (χ0) is 17.5. The van der Waals surface area contributed by atoms with Gasteiger partial charge in [0.05, 0.1) is 17.5 Å². The van der Waals surface area contributed by atoms with Crippen LogP contribution in [0.5, 0.6) is 0 Å². The van der Waals surface area contributed by atoms with Crippen molar-refractivity contribution in [1.29, 1.82) is 0 Å². The molecular weight excluding hydrogens is 391 g/mol. The largest absolute Gasteiger partial charge is 0.315 e. The van der Waals surface area contributed by atoms with Crippen LogP contribution >= 0.6 is 35.0 Å². The molecule has 2 saturated heterocycles. The number of carbonyl (C=O) groups is 1. The van der Waals surface area contributed by atoms with Gasteiger partial charge in [-0.1, -0.05) is 41.9 Å². The van der Waals surface area contributed by atoms with Gasteiger partial charge in [-0.2, -0.15) is 4.99 Å². The number of fused-ring (bicyclic) bond motifs is 1. The van der Waals surface area contributed by atoms with Crippen molar-refractivity contribution in [1.82, 2.24) is 0 Å². The second-order valence-electron chi connectivity index (χ2n) is 5.84. The number of hydrogen-bond acceptors (Lipinski definition) is 4. The lowest BCUT2D eigenvalue weighted by Gasteiger charge is -2.24. The highest BCUT2D eigenvalue weighted by molar-refractivity contribution is 8.16. The van der Waals surface area contributed by atoms with Gasteiger partial charge in [0.25, 0.3) is 0 Å². The number of amides is 1. The highest BCUT2D eigenvalue weighted by atomic mass is 35.5. The van der Waals surface area contributed by atoms with E-state index in [1.54, 1.807) is 23.1 Å². The zero-order valence-corrected chi connectivity index (χ0v) is 16.1. The predicted octanol–water partition coefficient (Wildman–Crippen LogP) is 3.39. The Labute approximate surface area is 155 Å². The van der Waals surface area contributed by atoms with Gasteiger partial charge in [-0.05, 0) is 24.6 Å². The van der Waals surface area contributed by atoms with E-state index in [-0.39, 0.29) is 28.7 Å². The van der Waals surface area contributed by atoms with Crippen molar-refractivity contribution in [3.8, 4) is 0 Å². The third-order valence-electron chi connectivity index (χ3n) is 3.88. The Kier molecular flexibility index (Phi) is 5.16. The number of aliphatic imine (C=N–C) groups is 1. The van der Waals surface area contributed by atoms with Crippen LogP contribution in [-0.4, -0.2) is 42.3 Å². The first-order valence-electron chi connectivity index (χ1n) is 7.53. The lowest BCUT2D eigenvalue weighted by atomic mass is 10.2. The van der Waals surface area contributed by atoms with Crippen LogP contribution in [-0.2, 0) is 14.6 Å². The Morgan fingerprint density at radius 3 is 2.58 bits per heavy atom. The van der Waals surface area contributed by atoms with Crippen LogP contribution in [0, 0.1) is 0 Å². The minimum atomic E-state index is -3.10. The summed E-state index contributed by atoms with van der Waals surface area (Å²) in [5, 5.41) is 1.29. The summed E-state index contributed by atoms with van der Waals surface area (Å²) in [5.41, 5.74) is 0.660. The molecule has 2 atom stereocenters. The quantitative estimate of drug-likeness (QED) is 0.769. The Morgan fingerprint density at radius 1 is 1.29 bits per heavy atom. The second kappa shape index (κ2) is 6.86. The highest BCUT2D eigenvalue weighted by Gasteiger charge is 2.49. The van der Waals surface area contributed by atoms with Gasteiger partial charge < -0.3 is 4.90 Å². The molecule has 0 aromatic heterocycles. The van der Waals surface area contributed by atoms with Gasteiger partial charge in [0.1, 0.15) is 0 Å². The van der Waals surface area contributed by atoms with E-state index in [2.05, 4.69) is 4.99 Å². The molecule has 0 unspecified atom stereocenters. The molecule has 2 aliphatic rings. The van der Waals surface area contributed by atoms with Gasteiger partial charge >= 0.3 is 0 Å². The van der Waals surface area contributed by atoms with Crippen molar-refractivity contribution in [3.63, 3.8) is 0 Å². The molecule has 9 heteroatoms. The number of carbonyl (C=O) groups excluding carboxylic acids is 1. The van der Waals surface area contributed by atoms with E-state index >= 15 is 0 Å². The fourth-order valence-corrected chi connectivity index (χ4v) is 7.37. The van der Waals surface area contributed by atoms with Gasteiger partial charge in [0.15, 0.2) is 15.0 Å². The lowest BCUT2D eigenvalue weighted by Crippen LogP contribution is -2.37. The molecule has 0 saturated carbocycles. The van der Waals surface area contributed by atoms with Crippen LogP contribution in [0.3, 0.4) is 0 Å². The molecule has 0 spiro atoms. The molecule has 130 valence electrons. The summed E-state index contributed by atoms with van der Waals surface area (Å²) in [6.07, 6.45) is 1.08. The van der Waals surface area contributed by atoms with E-state index in [1.807, 2.05) is 6.92 Å². The Morgan fingerprint density at radius 2 is 1.96 bits per heavy atom. The van der Waals surface area contributed by atoms with Crippen molar-refractivity contribution in [2.24, 2.45) is 4.99 Å². The standard InChI is InChI=1S/C15H16Cl2N2O3S2/c1-2-3-14(20)18-15-19(11-5-9(16)4-10(17)6-11)12-7-24(21,22)8-13(12)23-15/h4-6,12-13H,2-3,7-8H2,1H3/t12-,13-/m1/s1. The van der Waals surface area contributed by atoms with Crippen molar-refractivity contribution in [2.45, 2.75) is 31.1 Å². The summed E-state index contributed by atoms with van der Waals surface area (Å²) in [5.74, 6) is -0.0786. The monoisotopic (exact) mass is 406 g/mol. The normalized spacial score (nSPS) is 26.8. The summed E-state index contributed by atoms with van der Waals surface area (Å²) in [7, 11) is -3.10. The molecule has 24 heavy (non-hydrogen) atoms. The SMILES string of the molecule is CCCC(=O)N=C1S[C@@H]2CS(=O)(=O)C[C@H]2N1c1cc(Cl)cc(Cl)c1. The number of amidine groups is 1. The van der Waals surface area contributed by atoms with E-state index in [4.69, 9.17) is 23.2 Å². The summed E-state index contributed by atoms with van der Waals surface area (Å²) in [6, 6.07) is 4.77. The van der Waals surface area contributed by atoms with Gasteiger partial charge in [-0.25, -0.2) is 8.42 Å². The van der Waals surface area contributed by atoms with Gasteiger partial charge in [-0.15, -0.1) is 0 Å². The average molecular weight is 407 g/mol. The first-order valence-corrected chi connectivity index (χ1v) is 11.0. The smallest absolute Gasteiger partial charge is 0.248 e. The van der Waals surface area contributed by atoms with E-state index < -0.39 is 9.84 Å². The third-order valence-corrected chi connectivity index (χ3v) is 7.52. The number of anilines is 1. The summed E-state index contributed by atoms with van der Waals surface area (Å²) >= 11 is 13.5. The molecule has 0 bridgehead atoms. The van der Waals surface area contributed by atoms with Crippen LogP contribution in [0.25, 0.3) is 0 Å². The molecule has 2 fully saturated rings. The number of halogens is 2. The van der Waals surface area contributed by atoms with Crippen molar-refractivity contribution in [3.05, 3.63) is 28.2 Å². The van der Waals surface area contributed by atoms with Crippen LogP contribution in [0.2, 0.25) is 10.0 Å². The van der Waals surface area contributed by atoms with Crippen molar-refractivity contribution >= 4 is 61.6 Å². The fourth-order valence-electron chi connectivity index (χ4n) is 2.92. The Balaban J connectivity index is 2.02. The van der Waals surface area contributed by atoms with Gasteiger partial charge in [-0.3, -0.25) is 4.79 Å². The molecular formula is C15H16Cl2N2O3S2. The summed E-state index contributed by atoms with van der Waals surface area (Å²) in [4.78, 5) is 18.0. The lowest BCUT2D eigenvalue weighted by molar-refractivity contribution is -0.117. The molecule has 5 nitrogen and oxygen atoms in total. The average Bonchev–Trinajstić information content (AvgIpc) is 2.88. The van der Waals surface area contributed by atoms with Crippen LogP contribution < -0.4 is 4.90 Å². The molecule has 3 rings (SSSR count). The van der Waals surface area contributed by atoms with E-state index in [0.717, 1.165) is 0 Å². The minimum absolute atomic E-state index is 0.0375. The molecule has 2 heterocycles. The van der Waals surface area contributed by atoms with Crippen molar-refractivity contribution < 1.29 is 13.2 Å². The number of hydrogen-bond donors (Lipinski definition) is 0. The van der Waals surface area contributed by atoms with E-state index in [9.17, 15) is 13.2 Å². The Hall–Kier alpha value is -0.760. The third kappa shape index (κ3) is 3.74. The highest BCUT2D eigenvalue weighted by Crippen LogP contribution is 2.42. The number of thioether (sulfide) groups is 1. The Bertz CT molecular complexity index is 791. The molecule has 2 aliphatic heterocycles. The topological polar surface area (TPSA) is 66.8 Å². The van der Waals surface area contributed by atoms with Crippen LogP contribution in [0.4, 0.5) is 5.69 Å². The summed E-state index contributed by atoms with van der Waals surface area (Å²) in [6.45, 7) is 1.91. The van der Waals surface area contributed by atoms with Crippen molar-refractivity contribution in [2.75, 3.05) is 16.4 Å². The summed E-state index contributed by atoms with van der Waals surface area (Å²) < 4.78 is 24.0. The molecule has 1 aromatic carbocycles. The van der Waals surface area contributed by atoms with E-state index in [1.165, 1.54) is 11.8 Å². The first kappa shape index (κ1) is 18.0. The molecule has 1 amide bonds. The number of nitrogens with zero attached hydrogens (tertiary/aromatic N) is 2. The first-order chi connectivity index (χ1) is 11.3. The number of sulfone groups is 1. The number of benzene rings is 1. The molecule has 0 N–H and O–H groups in total.